The molecule has 1 heteroatoms. The monoisotopic (exact) mass is 462 g/mol. The molecule has 0 heterocycles. The summed E-state index contributed by atoms with van der Waals surface area (Å²) in [6.45, 7) is 4.39. The molecule has 0 unspecified atom stereocenters. The molecule has 178 valence electrons. The first kappa shape index (κ1) is 24.7. The zero-order valence-corrected chi connectivity index (χ0v) is 21.0. The molecule has 4 rings (SSSR count). The Balaban J connectivity index is 1.40. The molecule has 0 saturated carbocycles. The van der Waals surface area contributed by atoms with Crippen LogP contribution in [0, 0.1) is 17.7 Å². The maximum absolute atomic E-state index is 15.3. The summed E-state index contributed by atoms with van der Waals surface area (Å²) < 4.78 is 15.3. The van der Waals surface area contributed by atoms with Crippen molar-refractivity contribution in [1.82, 2.24) is 0 Å². The number of fused-ring (bicyclic) bond motifs is 1. The predicted octanol–water partition coefficient (Wildman–Crippen LogP) is 8.85. The molecule has 4 aromatic carbocycles. The van der Waals surface area contributed by atoms with Gasteiger partial charge in [-0.05, 0) is 84.0 Å². The minimum absolute atomic E-state index is 0.107. The van der Waals surface area contributed by atoms with E-state index in [9.17, 15) is 0 Å². The van der Waals surface area contributed by atoms with Crippen molar-refractivity contribution in [3.8, 4) is 11.8 Å². The topological polar surface area (TPSA) is 0 Å². The molecular weight excluding hydrogens is 427 g/mol. The zero-order chi connectivity index (χ0) is 24.5. The lowest BCUT2D eigenvalue weighted by Crippen LogP contribution is -1.96. The van der Waals surface area contributed by atoms with Gasteiger partial charge in [0.25, 0.3) is 0 Å². The van der Waals surface area contributed by atoms with Crippen LogP contribution in [0.5, 0.6) is 0 Å². The summed E-state index contributed by atoms with van der Waals surface area (Å²) in [6, 6.07) is 26.9. The second kappa shape index (κ2) is 12.4. The summed E-state index contributed by atoms with van der Waals surface area (Å²) in [4.78, 5) is 0. The van der Waals surface area contributed by atoms with Crippen molar-refractivity contribution >= 4 is 10.8 Å². The second-order valence-electron chi connectivity index (χ2n) is 9.40. The average molecular weight is 463 g/mol. The van der Waals surface area contributed by atoms with Crippen molar-refractivity contribution in [2.24, 2.45) is 0 Å². The number of hydrogen-bond acceptors (Lipinski definition) is 0. The van der Waals surface area contributed by atoms with Crippen LogP contribution in [0.2, 0.25) is 0 Å². The van der Waals surface area contributed by atoms with E-state index in [1.54, 1.807) is 0 Å². The van der Waals surface area contributed by atoms with Gasteiger partial charge in [0.15, 0.2) is 0 Å². The summed E-state index contributed by atoms with van der Waals surface area (Å²) in [7, 11) is 0. The van der Waals surface area contributed by atoms with Crippen molar-refractivity contribution < 1.29 is 4.39 Å². The van der Waals surface area contributed by atoms with Crippen LogP contribution in [0.25, 0.3) is 10.8 Å². The van der Waals surface area contributed by atoms with E-state index >= 15 is 4.39 Å². The first-order valence-electron chi connectivity index (χ1n) is 13.1. The number of hydrogen-bond donors (Lipinski definition) is 0. The van der Waals surface area contributed by atoms with Gasteiger partial charge in [0.1, 0.15) is 5.82 Å². The summed E-state index contributed by atoms with van der Waals surface area (Å²) in [5.74, 6) is 6.33. The summed E-state index contributed by atoms with van der Waals surface area (Å²) in [6.07, 6.45) is 8.88. The molecule has 0 nitrogen and oxygen atoms in total. The van der Waals surface area contributed by atoms with Gasteiger partial charge in [0, 0.05) is 16.5 Å². The smallest absolute Gasteiger partial charge is 0.134 e. The highest BCUT2D eigenvalue weighted by atomic mass is 19.1. The fourth-order valence-electron chi connectivity index (χ4n) is 4.48. The van der Waals surface area contributed by atoms with Crippen LogP contribution in [0.1, 0.15) is 72.9 Å². The third-order valence-corrected chi connectivity index (χ3v) is 6.77. The first-order valence-corrected chi connectivity index (χ1v) is 13.1. The van der Waals surface area contributed by atoms with Gasteiger partial charge < -0.3 is 0 Å². The lowest BCUT2D eigenvalue weighted by Gasteiger charge is -2.08. The molecule has 0 aromatic heterocycles. The van der Waals surface area contributed by atoms with Crippen LogP contribution < -0.4 is 0 Å². The van der Waals surface area contributed by atoms with Gasteiger partial charge in [-0.15, -0.1) is 0 Å². The van der Waals surface area contributed by atoms with Gasteiger partial charge in [-0.1, -0.05) is 99.5 Å². The van der Waals surface area contributed by atoms with Crippen molar-refractivity contribution in [2.75, 3.05) is 0 Å². The van der Waals surface area contributed by atoms with E-state index in [4.69, 9.17) is 0 Å². The maximum Gasteiger partial charge on any atom is 0.134 e. The Morgan fingerprint density at radius 2 is 1.26 bits per heavy atom. The number of halogens is 1. The maximum atomic E-state index is 15.3. The van der Waals surface area contributed by atoms with E-state index in [0.29, 0.717) is 11.8 Å². The molecule has 4 aromatic rings. The molecule has 0 atom stereocenters. The van der Waals surface area contributed by atoms with Crippen LogP contribution in [0.15, 0.2) is 78.9 Å². The summed E-state index contributed by atoms with van der Waals surface area (Å²) >= 11 is 0. The number of unbranched alkanes of at least 4 members (excludes halogenated alkanes) is 3. The zero-order valence-electron chi connectivity index (χ0n) is 21.0. The normalized spacial score (nSPS) is 10.8. The molecule has 0 amide bonds. The fraction of sp³-hybridized carbons (Fsp3) is 0.294. The number of aryl methyl sites for hydroxylation is 4. The second-order valence-corrected chi connectivity index (χ2v) is 9.40. The lowest BCUT2D eigenvalue weighted by atomic mass is 9.98. The molecule has 0 aliphatic rings. The van der Waals surface area contributed by atoms with Gasteiger partial charge in [-0.3, -0.25) is 0 Å². The molecule has 0 fully saturated rings. The molecule has 0 N–H and O–H groups in total. The highest BCUT2D eigenvalue weighted by Crippen LogP contribution is 2.24. The average Bonchev–Trinajstić information content (AvgIpc) is 2.90. The van der Waals surface area contributed by atoms with Crippen molar-refractivity contribution in [2.45, 2.75) is 65.2 Å². The quantitative estimate of drug-likeness (QED) is 0.172. The van der Waals surface area contributed by atoms with E-state index < -0.39 is 0 Å². The number of rotatable bonds is 9. The van der Waals surface area contributed by atoms with Gasteiger partial charge in [0.05, 0.1) is 0 Å². The van der Waals surface area contributed by atoms with E-state index in [-0.39, 0.29) is 5.82 Å². The Morgan fingerprint density at radius 3 is 1.97 bits per heavy atom. The van der Waals surface area contributed by atoms with Crippen LogP contribution in [0.3, 0.4) is 0 Å². The minimum atomic E-state index is -0.107. The Kier molecular flexibility index (Phi) is 8.74. The molecule has 0 aliphatic heterocycles. The standard InChI is InChI=1S/C34H35F/c1-3-5-6-7-8-27-13-15-29(16-14-27)19-21-31-22-23-32-25-30(20-24-33(32)34(31)35)18-17-28-11-9-26(4-2)10-12-28/h9-16,20,22-25H,3-8,19,21H2,1-2H3. The molecule has 0 spiro atoms. The van der Waals surface area contributed by atoms with E-state index in [1.165, 1.54) is 42.4 Å². The molecule has 0 bridgehead atoms. The van der Waals surface area contributed by atoms with Crippen LogP contribution in [-0.2, 0) is 25.7 Å². The molecule has 0 radical (unpaired) electrons. The van der Waals surface area contributed by atoms with Crippen LogP contribution in [-0.4, -0.2) is 0 Å². The lowest BCUT2D eigenvalue weighted by molar-refractivity contribution is 0.620. The fourth-order valence-corrected chi connectivity index (χ4v) is 4.48. The minimum Gasteiger partial charge on any atom is -0.206 e. The first-order chi connectivity index (χ1) is 17.2. The molecule has 0 aliphatic carbocycles. The molecular formula is C34H35F. The highest BCUT2D eigenvalue weighted by molar-refractivity contribution is 5.85. The van der Waals surface area contributed by atoms with Gasteiger partial charge in [0.2, 0.25) is 0 Å². The van der Waals surface area contributed by atoms with E-state index in [0.717, 1.165) is 41.3 Å². The Morgan fingerprint density at radius 1 is 0.600 bits per heavy atom. The van der Waals surface area contributed by atoms with Gasteiger partial charge in [-0.2, -0.15) is 0 Å². The van der Waals surface area contributed by atoms with Gasteiger partial charge in [-0.25, -0.2) is 4.39 Å². The molecule has 0 saturated heterocycles. The third-order valence-electron chi connectivity index (χ3n) is 6.77. The molecule has 35 heavy (non-hydrogen) atoms. The largest absolute Gasteiger partial charge is 0.206 e. The van der Waals surface area contributed by atoms with E-state index in [1.807, 2.05) is 30.3 Å². The third kappa shape index (κ3) is 6.83. The van der Waals surface area contributed by atoms with Crippen molar-refractivity contribution in [1.29, 1.82) is 0 Å². The summed E-state index contributed by atoms with van der Waals surface area (Å²) in [5, 5.41) is 1.56. The number of benzene rings is 4. The Hall–Kier alpha value is -3.37. The van der Waals surface area contributed by atoms with Gasteiger partial charge >= 0.3 is 0 Å². The van der Waals surface area contributed by atoms with Crippen molar-refractivity contribution in [3.05, 3.63) is 118 Å². The highest BCUT2D eigenvalue weighted by Gasteiger charge is 2.08. The summed E-state index contributed by atoms with van der Waals surface area (Å²) in [5.41, 5.74) is 6.64. The van der Waals surface area contributed by atoms with E-state index in [2.05, 4.69) is 74.2 Å². The Labute approximate surface area is 210 Å². The van der Waals surface area contributed by atoms with Crippen LogP contribution >= 0.6 is 0 Å². The van der Waals surface area contributed by atoms with Crippen molar-refractivity contribution in [3.63, 3.8) is 0 Å². The predicted molar refractivity (Wildman–Crippen MR) is 147 cm³/mol. The Bertz CT molecular complexity index is 1300. The SMILES string of the molecule is CCCCCCc1ccc(CCc2ccc3cc(C#Cc4ccc(CC)cc4)ccc3c2F)cc1. The van der Waals surface area contributed by atoms with Crippen LogP contribution in [0.4, 0.5) is 4.39 Å².